The quantitative estimate of drug-likeness (QED) is 0.0868. The third-order valence-corrected chi connectivity index (χ3v) is 9.51. The van der Waals surface area contributed by atoms with Crippen molar-refractivity contribution in [3.8, 4) is 11.5 Å². The number of rotatable bonds is 7. The summed E-state index contributed by atoms with van der Waals surface area (Å²) < 4.78 is 10.6. The number of phenolic OH excluding ortho intramolecular Hbond substituents is 2. The highest BCUT2D eigenvalue weighted by Gasteiger charge is 2.15. The van der Waals surface area contributed by atoms with Gasteiger partial charge in [0.05, 0.1) is 22.7 Å². The number of thiazole rings is 1. The van der Waals surface area contributed by atoms with Crippen LogP contribution in [0.1, 0.15) is 18.1 Å². The van der Waals surface area contributed by atoms with Crippen LogP contribution in [-0.4, -0.2) is 71.3 Å². The first-order chi connectivity index (χ1) is 22.4. The molecule has 2 aromatic carbocycles. The smallest absolute Gasteiger partial charge is 0.420 e. The minimum absolute atomic E-state index is 0.0858. The van der Waals surface area contributed by atoms with Gasteiger partial charge in [-0.25, -0.2) is 14.3 Å². The molecule has 0 bridgehead atoms. The molecular weight excluding hydrogens is 1030 g/mol. The SMILES string of the molecule is CCOC(=O)n1ccn(C)c1=S.NC(Cc1cc(I)c(O)c(I)c1)C(=O)O.N[C@@H](Cc1cc(Br)c(O)c(Br)c1)C(=O)O.Nc1nccs1. The molecule has 0 aliphatic heterocycles. The molecule has 0 saturated carbocycles. The van der Waals surface area contributed by atoms with Crippen LogP contribution in [0.4, 0.5) is 9.93 Å². The molecule has 4 rings (SSSR count). The second-order valence-electron chi connectivity index (χ2n) is 9.24. The lowest BCUT2D eigenvalue weighted by atomic mass is 10.1. The summed E-state index contributed by atoms with van der Waals surface area (Å²) in [6, 6.07) is 4.92. The maximum Gasteiger partial charge on any atom is 0.420 e. The van der Waals surface area contributed by atoms with Crippen molar-refractivity contribution in [2.75, 3.05) is 12.3 Å². The summed E-state index contributed by atoms with van der Waals surface area (Å²) >= 11 is 16.7. The second kappa shape index (κ2) is 21.7. The van der Waals surface area contributed by atoms with Gasteiger partial charge in [0, 0.05) is 31.0 Å². The lowest BCUT2D eigenvalue weighted by molar-refractivity contribution is -0.139. The topological polar surface area (TPSA) is 242 Å². The highest BCUT2D eigenvalue weighted by atomic mass is 127. The van der Waals surface area contributed by atoms with Crippen LogP contribution in [0.3, 0.4) is 0 Å². The number of ether oxygens (including phenoxy) is 1. The molecule has 2 atom stereocenters. The maximum atomic E-state index is 11.1. The number of phenols is 2. The number of carbonyl (C=O) groups excluding carboxylic acids is 1. The zero-order valence-corrected chi connectivity index (χ0v) is 34.3. The summed E-state index contributed by atoms with van der Waals surface area (Å²) in [5.74, 6) is -1.75. The van der Waals surface area contributed by atoms with E-state index in [1.165, 1.54) is 15.9 Å². The Bertz CT molecular complexity index is 1620. The summed E-state index contributed by atoms with van der Waals surface area (Å²) in [5, 5.41) is 38.7. The Kier molecular flexibility index (Phi) is 19.7. The van der Waals surface area contributed by atoms with Crippen molar-refractivity contribution in [1.82, 2.24) is 14.1 Å². The average molecular weight is 1060 g/mol. The highest BCUT2D eigenvalue weighted by molar-refractivity contribution is 14.1. The Balaban J connectivity index is 0.000000332. The molecule has 20 heteroatoms. The number of aromatic nitrogens is 3. The second-order valence-corrected chi connectivity index (χ2v) is 14.6. The van der Waals surface area contributed by atoms with Crippen LogP contribution in [0.15, 0.2) is 57.2 Å². The molecule has 0 aliphatic rings. The van der Waals surface area contributed by atoms with Crippen molar-refractivity contribution in [3.05, 3.63) is 80.2 Å². The number of hydrogen-bond donors (Lipinski definition) is 7. The standard InChI is InChI=1S/C9H9Br2NO3.C9H9I2NO3.C7H10N2O2S.C3H4N2S/c2*10-5-1-4(2-6(11)8(5)13)3-7(12)9(14)15;1-3-11-7(10)9-5-4-8(2)6(9)12;4-3-5-1-2-6-3/h2*1-2,7,13H,3,12H2,(H,14,15);4-5H,3H2,1-2H3;1-2H,(H2,4,5)/t7-;;;/m0.../s1. The largest absolute Gasteiger partial charge is 0.506 e. The molecule has 2 aromatic heterocycles. The number of hydrogen-bond acceptors (Lipinski definition) is 12. The van der Waals surface area contributed by atoms with Crippen LogP contribution < -0.4 is 17.2 Å². The van der Waals surface area contributed by atoms with Crippen molar-refractivity contribution < 1.29 is 39.5 Å². The number of anilines is 1. The van der Waals surface area contributed by atoms with E-state index < -0.39 is 30.1 Å². The van der Waals surface area contributed by atoms with Gasteiger partial charge in [-0.05, 0) is 144 Å². The number of carbonyl (C=O) groups is 3. The maximum absolute atomic E-state index is 11.1. The molecule has 0 spiro atoms. The molecular formula is C28H32Br2I2N6O8S2. The van der Waals surface area contributed by atoms with Crippen molar-refractivity contribution in [2.45, 2.75) is 31.8 Å². The van der Waals surface area contributed by atoms with E-state index in [-0.39, 0.29) is 24.3 Å². The summed E-state index contributed by atoms with van der Waals surface area (Å²) in [6.07, 6.45) is 5.02. The van der Waals surface area contributed by atoms with E-state index in [4.69, 9.17) is 44.4 Å². The number of halogens is 4. The van der Waals surface area contributed by atoms with Crippen LogP contribution in [0.25, 0.3) is 0 Å². The number of benzene rings is 2. The molecule has 0 radical (unpaired) electrons. The van der Waals surface area contributed by atoms with Crippen molar-refractivity contribution in [3.63, 3.8) is 0 Å². The third kappa shape index (κ3) is 15.0. The molecule has 10 N–H and O–H groups in total. The Hall–Kier alpha value is -2.35. The predicted octanol–water partition coefficient (Wildman–Crippen LogP) is 5.71. The number of carboxylic acid groups (broad SMARTS) is 2. The predicted molar refractivity (Wildman–Crippen MR) is 209 cm³/mol. The molecule has 0 amide bonds. The van der Waals surface area contributed by atoms with Crippen LogP contribution >= 0.6 is 101 Å². The number of aryl methyl sites for hydroxylation is 1. The van der Waals surface area contributed by atoms with Crippen LogP contribution in [0.2, 0.25) is 0 Å². The zero-order chi connectivity index (χ0) is 36.7. The average Bonchev–Trinajstić information content (AvgIpc) is 3.63. The lowest BCUT2D eigenvalue weighted by Crippen LogP contribution is -2.32. The van der Waals surface area contributed by atoms with E-state index in [2.05, 4.69) is 36.8 Å². The van der Waals surface area contributed by atoms with Crippen LogP contribution in [0, 0.1) is 11.9 Å². The fourth-order valence-electron chi connectivity index (χ4n) is 3.18. The van der Waals surface area contributed by atoms with Gasteiger partial charge in [-0.1, -0.05) is 0 Å². The minimum atomic E-state index is -1.05. The van der Waals surface area contributed by atoms with Gasteiger partial charge in [0.2, 0.25) is 0 Å². The van der Waals surface area contributed by atoms with Gasteiger partial charge in [-0.15, -0.1) is 11.3 Å². The first-order valence-electron chi connectivity index (χ1n) is 13.3. The van der Waals surface area contributed by atoms with Gasteiger partial charge in [0.1, 0.15) is 23.6 Å². The van der Waals surface area contributed by atoms with Crippen molar-refractivity contribution in [1.29, 1.82) is 0 Å². The van der Waals surface area contributed by atoms with E-state index in [0.717, 1.165) is 11.1 Å². The summed E-state index contributed by atoms with van der Waals surface area (Å²) in [7, 11) is 1.78. The van der Waals surface area contributed by atoms with Gasteiger partial charge in [0.25, 0.3) is 0 Å². The van der Waals surface area contributed by atoms with Gasteiger partial charge >= 0.3 is 18.0 Å². The first-order valence-corrected chi connectivity index (χ1v) is 18.3. The number of nitrogens with two attached hydrogens (primary N) is 3. The molecule has 0 aliphatic carbocycles. The summed E-state index contributed by atoms with van der Waals surface area (Å²) in [5.41, 5.74) is 17.6. The van der Waals surface area contributed by atoms with E-state index in [1.54, 1.807) is 61.4 Å². The molecule has 48 heavy (non-hydrogen) atoms. The molecule has 2 heterocycles. The first kappa shape index (κ1) is 43.7. The molecule has 262 valence electrons. The Morgan fingerprint density at radius 1 is 0.958 bits per heavy atom. The monoisotopic (exact) mass is 1060 g/mol. The van der Waals surface area contributed by atoms with E-state index in [1.807, 2.05) is 50.6 Å². The van der Waals surface area contributed by atoms with E-state index in [9.17, 15) is 24.6 Å². The van der Waals surface area contributed by atoms with Gasteiger partial charge in [-0.3, -0.25) is 9.59 Å². The summed E-state index contributed by atoms with van der Waals surface area (Å²) in [6.45, 7) is 2.11. The Morgan fingerprint density at radius 2 is 1.44 bits per heavy atom. The molecule has 4 aromatic rings. The minimum Gasteiger partial charge on any atom is -0.506 e. The van der Waals surface area contributed by atoms with Gasteiger partial charge in [-0.2, -0.15) is 0 Å². The molecule has 0 saturated heterocycles. The summed E-state index contributed by atoms with van der Waals surface area (Å²) in [4.78, 5) is 36.0. The lowest BCUT2D eigenvalue weighted by Gasteiger charge is -2.08. The molecule has 1 unspecified atom stereocenters. The Labute approximate surface area is 328 Å². The number of aromatic hydroxyl groups is 2. The van der Waals surface area contributed by atoms with Gasteiger partial charge < -0.3 is 46.9 Å². The molecule has 0 fully saturated rings. The van der Waals surface area contributed by atoms with Crippen LogP contribution in [-0.2, 0) is 34.2 Å². The number of carboxylic acids is 2. The zero-order valence-electron chi connectivity index (χ0n) is 25.2. The fraction of sp³-hybridized carbons (Fsp3) is 0.250. The van der Waals surface area contributed by atoms with Crippen LogP contribution in [0.5, 0.6) is 11.5 Å². The number of nitrogen functional groups attached to an aromatic ring is 1. The number of nitrogens with zero attached hydrogens (tertiary/aromatic N) is 3. The van der Waals surface area contributed by atoms with Crippen molar-refractivity contribution in [2.24, 2.45) is 18.5 Å². The van der Waals surface area contributed by atoms with E-state index in [0.29, 0.717) is 32.6 Å². The Morgan fingerprint density at radius 3 is 1.77 bits per heavy atom. The number of imidazole rings is 1. The van der Waals surface area contributed by atoms with Gasteiger partial charge in [0.15, 0.2) is 9.90 Å². The van der Waals surface area contributed by atoms with E-state index >= 15 is 0 Å². The third-order valence-electron chi connectivity index (χ3n) is 5.56. The molecule has 14 nitrogen and oxygen atoms in total. The van der Waals surface area contributed by atoms with Crippen molar-refractivity contribution >= 4 is 124 Å². The highest BCUT2D eigenvalue weighted by Crippen LogP contribution is 2.33. The number of aliphatic carboxylic acids is 2. The fourth-order valence-corrected chi connectivity index (χ4v) is 6.94. The normalized spacial score (nSPS) is 11.3.